The SMILES string of the molecule is Cn1ccc(COC(=O)c2cccnc2-n2cnc3ccccc32)n1. The molecule has 3 aromatic heterocycles. The van der Waals surface area contributed by atoms with Crippen LogP contribution in [0.4, 0.5) is 0 Å². The number of aryl methyl sites for hydroxylation is 1. The molecule has 0 aliphatic rings. The highest BCUT2D eigenvalue weighted by atomic mass is 16.5. The number of carbonyl (C=O) groups excluding carboxylic acids is 1. The zero-order valence-electron chi connectivity index (χ0n) is 13.5. The normalized spacial score (nSPS) is 10.9. The molecule has 4 rings (SSSR count). The molecule has 0 saturated carbocycles. The molecule has 3 heterocycles. The molecule has 124 valence electrons. The molecule has 4 aromatic rings. The molecule has 7 heteroatoms. The molecule has 0 bridgehead atoms. The van der Waals surface area contributed by atoms with Crippen LogP contribution in [-0.4, -0.2) is 30.3 Å². The number of pyridine rings is 1. The monoisotopic (exact) mass is 333 g/mol. The van der Waals surface area contributed by atoms with Gasteiger partial charge in [-0.1, -0.05) is 12.1 Å². The Bertz CT molecular complexity index is 1050. The Kier molecular flexibility index (Phi) is 3.74. The summed E-state index contributed by atoms with van der Waals surface area (Å²) in [6, 6.07) is 12.9. The van der Waals surface area contributed by atoms with Gasteiger partial charge in [-0.25, -0.2) is 14.8 Å². The van der Waals surface area contributed by atoms with Gasteiger partial charge in [-0.3, -0.25) is 9.25 Å². The molecule has 0 aliphatic heterocycles. The van der Waals surface area contributed by atoms with E-state index in [4.69, 9.17) is 4.74 Å². The number of nitrogens with zero attached hydrogens (tertiary/aromatic N) is 5. The highest BCUT2D eigenvalue weighted by Gasteiger charge is 2.17. The number of rotatable bonds is 4. The minimum atomic E-state index is -0.452. The van der Waals surface area contributed by atoms with Crippen LogP contribution in [0.15, 0.2) is 61.2 Å². The molecule has 1 aromatic carbocycles. The first kappa shape index (κ1) is 15.1. The summed E-state index contributed by atoms with van der Waals surface area (Å²) in [6.45, 7) is 0.110. The first-order valence-corrected chi connectivity index (χ1v) is 7.75. The van der Waals surface area contributed by atoms with Crippen molar-refractivity contribution in [3.05, 3.63) is 72.4 Å². The number of esters is 1. The number of aromatic nitrogens is 5. The number of hydrogen-bond acceptors (Lipinski definition) is 5. The molecule has 0 fully saturated rings. The lowest BCUT2D eigenvalue weighted by molar-refractivity contribution is 0.0466. The lowest BCUT2D eigenvalue weighted by Gasteiger charge is -2.09. The Morgan fingerprint density at radius 3 is 2.84 bits per heavy atom. The summed E-state index contributed by atoms with van der Waals surface area (Å²) in [4.78, 5) is 21.3. The van der Waals surface area contributed by atoms with Crippen molar-refractivity contribution in [2.75, 3.05) is 0 Å². The number of fused-ring (bicyclic) bond motifs is 1. The minimum Gasteiger partial charge on any atom is -0.455 e. The lowest BCUT2D eigenvalue weighted by Crippen LogP contribution is -2.11. The Balaban J connectivity index is 1.65. The molecule has 0 unspecified atom stereocenters. The maximum Gasteiger partial charge on any atom is 0.342 e. The molecule has 0 atom stereocenters. The zero-order valence-corrected chi connectivity index (χ0v) is 13.5. The van der Waals surface area contributed by atoms with Gasteiger partial charge in [-0.05, 0) is 30.3 Å². The van der Waals surface area contributed by atoms with Crippen molar-refractivity contribution in [2.45, 2.75) is 6.61 Å². The molecule has 0 spiro atoms. The number of ether oxygens (including phenoxy) is 1. The topological polar surface area (TPSA) is 74.8 Å². The molecule has 25 heavy (non-hydrogen) atoms. The fourth-order valence-corrected chi connectivity index (χ4v) is 2.63. The van der Waals surface area contributed by atoms with Gasteiger partial charge in [0, 0.05) is 19.4 Å². The summed E-state index contributed by atoms with van der Waals surface area (Å²) >= 11 is 0. The van der Waals surface area contributed by atoms with Gasteiger partial charge in [0.2, 0.25) is 0 Å². The molecule has 7 nitrogen and oxygen atoms in total. The first-order chi connectivity index (χ1) is 12.2. The molecule has 0 radical (unpaired) electrons. The fraction of sp³-hybridized carbons (Fsp3) is 0.111. The second-order valence-electron chi connectivity index (χ2n) is 5.53. The molecule has 0 saturated heterocycles. The van der Waals surface area contributed by atoms with E-state index in [9.17, 15) is 4.79 Å². The van der Waals surface area contributed by atoms with E-state index in [1.165, 1.54) is 0 Å². The Labute approximate surface area is 143 Å². The van der Waals surface area contributed by atoms with Gasteiger partial charge >= 0.3 is 5.97 Å². The third kappa shape index (κ3) is 2.87. The molecular formula is C18H15N5O2. The summed E-state index contributed by atoms with van der Waals surface area (Å²) in [5, 5.41) is 4.20. The van der Waals surface area contributed by atoms with Crippen molar-refractivity contribution in [1.82, 2.24) is 24.3 Å². The Morgan fingerprint density at radius 1 is 1.12 bits per heavy atom. The van der Waals surface area contributed by atoms with Crippen LogP contribution >= 0.6 is 0 Å². The van der Waals surface area contributed by atoms with E-state index in [1.807, 2.05) is 31.3 Å². The quantitative estimate of drug-likeness (QED) is 0.537. The van der Waals surface area contributed by atoms with Crippen molar-refractivity contribution in [3.8, 4) is 5.82 Å². The van der Waals surface area contributed by atoms with Crippen LogP contribution in [0.3, 0.4) is 0 Å². The fourth-order valence-electron chi connectivity index (χ4n) is 2.63. The standard InChI is InChI=1S/C18H15N5O2/c1-22-10-8-13(21-22)11-25-18(24)14-5-4-9-19-17(14)23-12-20-15-6-2-3-7-16(15)23/h2-10,12H,11H2,1H3. The van der Waals surface area contributed by atoms with Gasteiger partial charge in [-0.2, -0.15) is 5.10 Å². The largest absolute Gasteiger partial charge is 0.455 e. The van der Waals surface area contributed by atoms with Crippen LogP contribution < -0.4 is 0 Å². The highest BCUT2D eigenvalue weighted by molar-refractivity contribution is 5.93. The van der Waals surface area contributed by atoms with Crippen LogP contribution in [-0.2, 0) is 18.4 Å². The van der Waals surface area contributed by atoms with Gasteiger partial charge in [0.1, 0.15) is 18.5 Å². The summed E-state index contributed by atoms with van der Waals surface area (Å²) in [7, 11) is 1.81. The number of imidazole rings is 1. The zero-order chi connectivity index (χ0) is 17.2. The van der Waals surface area contributed by atoms with E-state index >= 15 is 0 Å². The average molecular weight is 333 g/mol. The van der Waals surface area contributed by atoms with Crippen molar-refractivity contribution in [2.24, 2.45) is 7.05 Å². The number of benzene rings is 1. The van der Waals surface area contributed by atoms with E-state index in [0.717, 1.165) is 11.0 Å². The Morgan fingerprint density at radius 2 is 2.00 bits per heavy atom. The minimum absolute atomic E-state index is 0.110. The van der Waals surface area contributed by atoms with E-state index in [0.29, 0.717) is 17.1 Å². The molecule has 0 N–H and O–H groups in total. The van der Waals surface area contributed by atoms with Crippen molar-refractivity contribution >= 4 is 17.0 Å². The maximum atomic E-state index is 12.5. The van der Waals surface area contributed by atoms with E-state index in [2.05, 4.69) is 15.1 Å². The molecule has 0 aliphatic carbocycles. The van der Waals surface area contributed by atoms with E-state index < -0.39 is 5.97 Å². The van der Waals surface area contributed by atoms with Gasteiger partial charge in [0.05, 0.1) is 16.7 Å². The summed E-state index contributed by atoms with van der Waals surface area (Å²) < 4.78 is 8.84. The summed E-state index contributed by atoms with van der Waals surface area (Å²) in [5.41, 5.74) is 2.77. The van der Waals surface area contributed by atoms with Crippen LogP contribution in [0.2, 0.25) is 0 Å². The van der Waals surface area contributed by atoms with Gasteiger partial charge < -0.3 is 4.74 Å². The smallest absolute Gasteiger partial charge is 0.342 e. The van der Waals surface area contributed by atoms with Crippen molar-refractivity contribution in [3.63, 3.8) is 0 Å². The maximum absolute atomic E-state index is 12.5. The van der Waals surface area contributed by atoms with Gasteiger partial charge in [-0.15, -0.1) is 0 Å². The van der Waals surface area contributed by atoms with Gasteiger partial charge in [0.15, 0.2) is 5.82 Å². The second kappa shape index (κ2) is 6.20. The number of carbonyl (C=O) groups is 1. The predicted molar refractivity (Wildman–Crippen MR) is 91.2 cm³/mol. The first-order valence-electron chi connectivity index (χ1n) is 7.75. The second-order valence-corrected chi connectivity index (χ2v) is 5.53. The van der Waals surface area contributed by atoms with Crippen molar-refractivity contribution < 1.29 is 9.53 Å². The van der Waals surface area contributed by atoms with Crippen LogP contribution in [0.25, 0.3) is 16.9 Å². The van der Waals surface area contributed by atoms with Crippen LogP contribution in [0.1, 0.15) is 16.1 Å². The average Bonchev–Trinajstić information content (AvgIpc) is 3.26. The molecule has 0 amide bonds. The highest BCUT2D eigenvalue weighted by Crippen LogP contribution is 2.20. The van der Waals surface area contributed by atoms with Crippen molar-refractivity contribution in [1.29, 1.82) is 0 Å². The molecular weight excluding hydrogens is 318 g/mol. The number of hydrogen-bond donors (Lipinski definition) is 0. The third-order valence-electron chi connectivity index (χ3n) is 3.81. The van der Waals surface area contributed by atoms with Crippen LogP contribution in [0.5, 0.6) is 0 Å². The summed E-state index contributed by atoms with van der Waals surface area (Å²) in [6.07, 6.45) is 5.10. The van der Waals surface area contributed by atoms with Crippen LogP contribution in [0, 0.1) is 0 Å². The van der Waals surface area contributed by atoms with E-state index in [-0.39, 0.29) is 6.61 Å². The number of para-hydroxylation sites is 2. The summed E-state index contributed by atoms with van der Waals surface area (Å²) in [5.74, 6) is 0.0359. The third-order valence-corrected chi connectivity index (χ3v) is 3.81. The predicted octanol–water partition coefficient (Wildman–Crippen LogP) is 2.51. The van der Waals surface area contributed by atoms with E-state index in [1.54, 1.807) is 46.2 Å². The van der Waals surface area contributed by atoms with Gasteiger partial charge in [0.25, 0.3) is 0 Å². The Hall–Kier alpha value is -3.48. The lowest BCUT2D eigenvalue weighted by atomic mass is 10.2.